The zero-order chi connectivity index (χ0) is 33.0. The van der Waals surface area contributed by atoms with Crippen LogP contribution >= 0.6 is 0 Å². The highest BCUT2D eigenvalue weighted by Gasteiger charge is 2.09. The van der Waals surface area contributed by atoms with Crippen LogP contribution in [0.5, 0.6) is 11.5 Å². The van der Waals surface area contributed by atoms with Gasteiger partial charge >= 0.3 is 0 Å². The molecule has 43 heavy (non-hydrogen) atoms. The summed E-state index contributed by atoms with van der Waals surface area (Å²) >= 11 is 0. The van der Waals surface area contributed by atoms with Crippen LogP contribution in [0.1, 0.15) is 81.2 Å². The predicted molar refractivity (Wildman–Crippen MR) is 187 cm³/mol. The lowest BCUT2D eigenvalue weighted by Gasteiger charge is -2.11. The van der Waals surface area contributed by atoms with E-state index in [0.717, 1.165) is 53.3 Å². The van der Waals surface area contributed by atoms with Crippen molar-refractivity contribution in [2.24, 2.45) is 5.92 Å². The molecule has 0 spiro atoms. The topological polar surface area (TPSA) is 61.8 Å². The number of pyridine rings is 1. The van der Waals surface area contributed by atoms with E-state index in [4.69, 9.17) is 18.9 Å². The number of benzene rings is 1. The number of fused-ring (bicyclic) bond motifs is 1. The highest BCUT2D eigenvalue weighted by atomic mass is 16.5. The fourth-order valence-electron chi connectivity index (χ4n) is 3.61. The highest BCUT2D eigenvalue weighted by molar-refractivity contribution is 5.85. The minimum absolute atomic E-state index is 0.475. The van der Waals surface area contributed by atoms with E-state index in [1.807, 2.05) is 84.3 Å². The first-order valence-corrected chi connectivity index (χ1v) is 15.6. The number of aromatic nitrogens is 1. The van der Waals surface area contributed by atoms with Gasteiger partial charge in [-0.05, 0) is 76.1 Å². The van der Waals surface area contributed by atoms with Crippen LogP contribution in [0.4, 0.5) is 0 Å². The lowest BCUT2D eigenvalue weighted by molar-refractivity contribution is 0.191. The van der Waals surface area contributed by atoms with E-state index in [1.165, 1.54) is 11.1 Å². The largest absolute Gasteiger partial charge is 0.498 e. The minimum Gasteiger partial charge on any atom is -0.498 e. The fourth-order valence-corrected chi connectivity index (χ4v) is 3.61. The first kappa shape index (κ1) is 41.5. The van der Waals surface area contributed by atoms with Crippen molar-refractivity contribution < 1.29 is 18.9 Å². The summed E-state index contributed by atoms with van der Waals surface area (Å²) in [6.45, 7) is 21.7. The van der Waals surface area contributed by atoms with E-state index >= 15 is 0 Å². The molecule has 0 fully saturated rings. The molecule has 242 valence electrons. The fraction of sp³-hybridized carbons (Fsp3) is 0.486. The van der Waals surface area contributed by atoms with Gasteiger partial charge in [0.05, 0.1) is 26.8 Å². The third-order valence-electron chi connectivity index (χ3n) is 6.23. The van der Waals surface area contributed by atoms with Gasteiger partial charge in [0.1, 0.15) is 12.4 Å². The van der Waals surface area contributed by atoms with Gasteiger partial charge in [-0.3, -0.25) is 4.98 Å². The smallest absolute Gasteiger partial charge is 0.162 e. The van der Waals surface area contributed by atoms with Gasteiger partial charge in [-0.1, -0.05) is 77.8 Å². The van der Waals surface area contributed by atoms with Crippen LogP contribution < -0.4 is 14.8 Å². The third-order valence-corrected chi connectivity index (χ3v) is 6.23. The average Bonchev–Trinajstić information content (AvgIpc) is 3.06. The molecule has 1 heterocycles. The van der Waals surface area contributed by atoms with Crippen molar-refractivity contribution in [1.29, 1.82) is 0 Å². The van der Waals surface area contributed by atoms with Gasteiger partial charge in [-0.15, -0.1) is 0 Å². The van der Waals surface area contributed by atoms with Gasteiger partial charge in [-0.2, -0.15) is 0 Å². The summed E-state index contributed by atoms with van der Waals surface area (Å²) in [4.78, 5) is 4.37. The molecule has 0 saturated heterocycles. The first-order valence-electron chi connectivity index (χ1n) is 15.6. The Morgan fingerprint density at radius 2 is 1.63 bits per heavy atom. The van der Waals surface area contributed by atoms with Gasteiger partial charge < -0.3 is 24.3 Å². The number of hydrogen-bond acceptors (Lipinski definition) is 6. The Balaban J connectivity index is 0. The van der Waals surface area contributed by atoms with E-state index in [-0.39, 0.29) is 0 Å². The predicted octanol–water partition coefficient (Wildman–Crippen LogP) is 9.98. The van der Waals surface area contributed by atoms with Crippen LogP contribution in [0.15, 0.2) is 84.1 Å². The molecule has 1 N–H and O–H groups in total. The summed E-state index contributed by atoms with van der Waals surface area (Å²) < 4.78 is 21.5. The maximum atomic E-state index is 5.67. The first-order chi connectivity index (χ1) is 20.9. The molecule has 0 aliphatic rings. The maximum Gasteiger partial charge on any atom is 0.162 e. The number of nitrogens with one attached hydrogen (secondary N) is 1. The quantitative estimate of drug-likeness (QED) is 0.101. The van der Waals surface area contributed by atoms with Crippen molar-refractivity contribution in [3.05, 3.63) is 89.7 Å². The molecule has 1 aromatic carbocycles. The van der Waals surface area contributed by atoms with Crippen LogP contribution in [-0.4, -0.2) is 39.5 Å². The normalized spacial score (nSPS) is 12.3. The van der Waals surface area contributed by atoms with Crippen molar-refractivity contribution in [2.45, 2.75) is 82.1 Å². The van der Waals surface area contributed by atoms with E-state index in [0.29, 0.717) is 12.5 Å². The van der Waals surface area contributed by atoms with Crippen molar-refractivity contribution in [1.82, 2.24) is 10.3 Å². The molecular formula is C37H60N2O4. The van der Waals surface area contributed by atoms with Crippen LogP contribution in [0.25, 0.3) is 10.9 Å². The number of allylic oxidation sites excluding steroid dienone is 8. The lowest BCUT2D eigenvalue weighted by atomic mass is 10.0. The standard InChI is InChI=1S/C19H31NO2.C14H17NO2.2C2H6/c1-7-11-19(18(5)21-6)22-15-14-20-13-10-9-12-17(4)16(3)8-2;1-4-5-10-6-7-15-12-9-14(17-3)13(16-2)8-11(10)12;2*1-2/h7-13,17,20H,14-15H2,1-6H3;6-9H,4-5H2,1-3H3;2*1-2H3/b11-7-,12-9?,13-10+,16-8-,19-18-;;;. The molecule has 1 aromatic heterocycles. The molecule has 2 aromatic rings. The SMILES string of the molecule is C/C=C\C(OCCN/C=C/C=CC(C)/C(C)=C\C)=C(/C)OC.CC.CC.CCCc1ccnc2cc(OC)c(OC)cc12. The Morgan fingerprint density at radius 1 is 0.977 bits per heavy atom. The molecule has 6 nitrogen and oxygen atoms in total. The molecule has 6 heteroatoms. The molecular weight excluding hydrogens is 536 g/mol. The Labute approximate surface area is 263 Å². The van der Waals surface area contributed by atoms with Crippen molar-refractivity contribution in [3.63, 3.8) is 0 Å². The third kappa shape index (κ3) is 16.5. The number of hydrogen-bond donors (Lipinski definition) is 1. The molecule has 0 bridgehead atoms. The maximum absolute atomic E-state index is 5.67. The molecule has 0 radical (unpaired) electrons. The van der Waals surface area contributed by atoms with Gasteiger partial charge in [0.25, 0.3) is 0 Å². The molecule has 0 amide bonds. The molecule has 0 saturated carbocycles. The summed E-state index contributed by atoms with van der Waals surface area (Å²) in [5.41, 5.74) is 3.63. The van der Waals surface area contributed by atoms with Gasteiger partial charge in [0.15, 0.2) is 17.3 Å². The molecule has 1 atom stereocenters. The van der Waals surface area contributed by atoms with Crippen molar-refractivity contribution in [3.8, 4) is 11.5 Å². The highest BCUT2D eigenvalue weighted by Crippen LogP contribution is 2.32. The second kappa shape index (κ2) is 27.2. The van der Waals surface area contributed by atoms with Crippen LogP contribution in [0.2, 0.25) is 0 Å². The Bertz CT molecular complexity index is 1150. The summed E-state index contributed by atoms with van der Waals surface area (Å²) in [5.74, 6) is 3.51. The molecule has 1 unspecified atom stereocenters. The number of rotatable bonds is 14. The van der Waals surface area contributed by atoms with Gasteiger partial charge in [-0.25, -0.2) is 0 Å². The molecule has 0 aliphatic carbocycles. The molecule has 0 aliphatic heterocycles. The van der Waals surface area contributed by atoms with Crippen LogP contribution in [-0.2, 0) is 15.9 Å². The lowest BCUT2D eigenvalue weighted by Crippen LogP contribution is -2.13. The second-order valence-electron chi connectivity index (χ2n) is 8.94. The summed E-state index contributed by atoms with van der Waals surface area (Å²) in [6, 6.07) is 6.00. The number of nitrogens with zero attached hydrogens (tertiary/aromatic N) is 1. The van der Waals surface area contributed by atoms with Crippen molar-refractivity contribution in [2.75, 3.05) is 34.5 Å². The second-order valence-corrected chi connectivity index (χ2v) is 8.94. The van der Waals surface area contributed by atoms with Crippen LogP contribution in [0, 0.1) is 5.92 Å². The van der Waals surface area contributed by atoms with Gasteiger partial charge in [0.2, 0.25) is 0 Å². The molecule has 2 rings (SSSR count). The van der Waals surface area contributed by atoms with E-state index < -0.39 is 0 Å². The number of methoxy groups -OCH3 is 3. The monoisotopic (exact) mass is 596 g/mol. The van der Waals surface area contributed by atoms with Crippen molar-refractivity contribution >= 4 is 10.9 Å². The average molecular weight is 597 g/mol. The minimum atomic E-state index is 0.475. The number of aryl methyl sites for hydroxylation is 1. The summed E-state index contributed by atoms with van der Waals surface area (Å²) in [6.07, 6.45) is 18.2. The van der Waals surface area contributed by atoms with Gasteiger partial charge in [0, 0.05) is 24.2 Å². The zero-order valence-corrected chi connectivity index (χ0v) is 29.3. The number of ether oxygens (including phenoxy) is 4. The Morgan fingerprint density at radius 3 is 2.19 bits per heavy atom. The van der Waals surface area contributed by atoms with E-state index in [9.17, 15) is 0 Å². The summed E-state index contributed by atoms with van der Waals surface area (Å²) in [7, 11) is 4.94. The summed E-state index contributed by atoms with van der Waals surface area (Å²) in [5, 5.41) is 4.34. The Hall–Kier alpha value is -3.67. The zero-order valence-electron chi connectivity index (χ0n) is 29.3. The van der Waals surface area contributed by atoms with Crippen LogP contribution in [0.3, 0.4) is 0 Å². The Kier molecular flexibility index (Phi) is 26.2. The van der Waals surface area contributed by atoms with E-state index in [2.05, 4.69) is 62.3 Å². The van der Waals surface area contributed by atoms with E-state index in [1.54, 1.807) is 21.3 Å².